The fraction of sp³-hybridized carbons (Fsp3) is 0.258. The first-order valence-corrected chi connectivity index (χ1v) is 13.0. The summed E-state index contributed by atoms with van der Waals surface area (Å²) < 4.78 is 10.6. The van der Waals surface area contributed by atoms with Crippen molar-refractivity contribution in [2.24, 2.45) is 0 Å². The number of dihydropyridines is 1. The minimum absolute atomic E-state index is 0.136. The number of esters is 2. The number of nitrogens with one attached hydrogen (secondary N) is 1. The monoisotopic (exact) mass is 558 g/mol. The van der Waals surface area contributed by atoms with Crippen molar-refractivity contribution in [3.63, 3.8) is 0 Å². The standard InChI is InChI=1S/C26H29N3O6.C5H5N/c1-17-22(25(30)34-4)24(20-11-8-12-21(15-20)29(32)33)23(18(2)27-17)26(31)35-14-13-28(3)16-19-9-6-5-7-10-19;1-2-4-6-5-3-1/h5-12,15,24,27H,13-14,16H2,1-4H3;1-5H. The van der Waals surface area contributed by atoms with E-state index in [4.69, 9.17) is 9.47 Å². The predicted octanol–water partition coefficient (Wildman–Crippen LogP) is 4.76. The van der Waals surface area contributed by atoms with E-state index in [-0.39, 0.29) is 23.4 Å². The van der Waals surface area contributed by atoms with Crippen LogP contribution in [-0.4, -0.2) is 54.1 Å². The summed E-state index contributed by atoms with van der Waals surface area (Å²) in [7, 11) is 3.18. The van der Waals surface area contributed by atoms with Gasteiger partial charge in [-0.1, -0.05) is 48.5 Å². The van der Waals surface area contributed by atoms with Crippen LogP contribution in [0.15, 0.2) is 108 Å². The molecule has 1 atom stereocenters. The molecule has 0 radical (unpaired) electrons. The van der Waals surface area contributed by atoms with Crippen LogP contribution >= 0.6 is 0 Å². The molecule has 10 heteroatoms. The van der Waals surface area contributed by atoms with E-state index < -0.39 is 22.8 Å². The minimum atomic E-state index is -0.877. The van der Waals surface area contributed by atoms with Crippen LogP contribution in [0.3, 0.4) is 0 Å². The number of hydrogen-bond acceptors (Lipinski definition) is 9. The molecule has 214 valence electrons. The van der Waals surface area contributed by atoms with Crippen LogP contribution in [-0.2, 0) is 25.6 Å². The lowest BCUT2D eigenvalue weighted by Gasteiger charge is -2.30. The molecule has 1 aromatic heterocycles. The van der Waals surface area contributed by atoms with Crippen LogP contribution in [0.25, 0.3) is 0 Å². The number of carbonyl (C=O) groups excluding carboxylic acids is 2. The third-order valence-electron chi connectivity index (χ3n) is 6.37. The Hall–Kier alpha value is -4.83. The highest BCUT2D eigenvalue weighted by molar-refractivity contribution is 5.99. The molecule has 41 heavy (non-hydrogen) atoms. The van der Waals surface area contributed by atoms with Crippen LogP contribution in [0.1, 0.15) is 30.9 Å². The number of likely N-dealkylation sites (N-methyl/N-ethyl adjacent to an activating group) is 1. The lowest BCUT2D eigenvalue weighted by atomic mass is 9.80. The summed E-state index contributed by atoms with van der Waals surface area (Å²) in [6.07, 6.45) is 3.50. The molecule has 4 rings (SSSR count). The number of hydrogen-bond donors (Lipinski definition) is 1. The Morgan fingerprint density at radius 3 is 2.15 bits per heavy atom. The molecule has 1 unspecified atom stereocenters. The quantitative estimate of drug-likeness (QED) is 0.225. The Bertz CT molecular complexity index is 1380. The van der Waals surface area contributed by atoms with E-state index in [0.717, 1.165) is 5.56 Å². The van der Waals surface area contributed by atoms with Crippen molar-refractivity contribution in [2.75, 3.05) is 27.3 Å². The molecule has 0 amide bonds. The van der Waals surface area contributed by atoms with Gasteiger partial charge in [0.2, 0.25) is 0 Å². The van der Waals surface area contributed by atoms with Crippen LogP contribution in [0, 0.1) is 10.1 Å². The molecule has 1 aliphatic heterocycles. The van der Waals surface area contributed by atoms with Gasteiger partial charge in [0.25, 0.3) is 5.69 Å². The largest absolute Gasteiger partial charge is 0.466 e. The summed E-state index contributed by atoms with van der Waals surface area (Å²) in [5.74, 6) is -2.11. The molecule has 0 saturated heterocycles. The highest BCUT2D eigenvalue weighted by Crippen LogP contribution is 2.40. The average molecular weight is 559 g/mol. The molecular formula is C31H34N4O6. The van der Waals surface area contributed by atoms with Gasteiger partial charge >= 0.3 is 11.9 Å². The fourth-order valence-corrected chi connectivity index (χ4v) is 4.46. The second-order valence-electron chi connectivity index (χ2n) is 9.36. The smallest absolute Gasteiger partial charge is 0.336 e. The number of benzene rings is 2. The summed E-state index contributed by atoms with van der Waals surface area (Å²) in [6, 6.07) is 21.5. The number of nitrogens with zero attached hydrogens (tertiary/aromatic N) is 3. The third kappa shape index (κ3) is 8.58. The van der Waals surface area contributed by atoms with Gasteiger partial charge in [0.05, 0.1) is 29.1 Å². The molecule has 10 nitrogen and oxygen atoms in total. The normalized spacial score (nSPS) is 14.5. The zero-order valence-electron chi connectivity index (χ0n) is 23.6. The molecule has 3 aromatic rings. The number of rotatable bonds is 9. The maximum absolute atomic E-state index is 13.3. The van der Waals surface area contributed by atoms with Gasteiger partial charge in [-0.3, -0.25) is 20.0 Å². The summed E-state index contributed by atoms with van der Waals surface area (Å²) in [5.41, 5.74) is 2.85. The lowest BCUT2D eigenvalue weighted by molar-refractivity contribution is -0.384. The molecule has 1 N–H and O–H groups in total. The molecule has 1 aliphatic rings. The van der Waals surface area contributed by atoms with Crippen LogP contribution < -0.4 is 5.32 Å². The number of allylic oxidation sites excluding steroid dienone is 2. The number of ether oxygens (including phenoxy) is 2. The zero-order chi connectivity index (χ0) is 29.8. The van der Waals surface area contributed by atoms with Crippen molar-refractivity contribution in [2.45, 2.75) is 26.3 Å². The predicted molar refractivity (Wildman–Crippen MR) is 154 cm³/mol. The number of carbonyl (C=O) groups is 2. The van der Waals surface area contributed by atoms with E-state index in [2.05, 4.69) is 10.3 Å². The molecule has 0 saturated carbocycles. The number of nitro benzene ring substituents is 1. The van der Waals surface area contributed by atoms with Gasteiger partial charge in [0, 0.05) is 49.0 Å². The number of nitro groups is 1. The molecular weight excluding hydrogens is 524 g/mol. The second-order valence-corrected chi connectivity index (χ2v) is 9.36. The lowest BCUT2D eigenvalue weighted by Crippen LogP contribution is -2.33. The first-order chi connectivity index (χ1) is 19.7. The zero-order valence-corrected chi connectivity index (χ0v) is 23.6. The highest BCUT2D eigenvalue weighted by Gasteiger charge is 2.38. The maximum Gasteiger partial charge on any atom is 0.336 e. The van der Waals surface area contributed by atoms with Crippen LogP contribution in [0.4, 0.5) is 5.69 Å². The van der Waals surface area contributed by atoms with E-state index in [1.165, 1.54) is 25.3 Å². The van der Waals surface area contributed by atoms with Gasteiger partial charge in [-0.25, -0.2) is 9.59 Å². The second kappa shape index (κ2) is 15.1. The van der Waals surface area contributed by atoms with E-state index in [9.17, 15) is 19.7 Å². The van der Waals surface area contributed by atoms with E-state index in [0.29, 0.717) is 30.0 Å². The molecule has 0 aliphatic carbocycles. The summed E-state index contributed by atoms with van der Waals surface area (Å²) in [6.45, 7) is 4.74. The Morgan fingerprint density at radius 1 is 0.951 bits per heavy atom. The first-order valence-electron chi connectivity index (χ1n) is 13.0. The fourth-order valence-electron chi connectivity index (χ4n) is 4.46. The first kappa shape index (κ1) is 30.7. The molecule has 2 aromatic carbocycles. The van der Waals surface area contributed by atoms with E-state index in [1.807, 2.05) is 60.5 Å². The highest BCUT2D eigenvalue weighted by atomic mass is 16.6. The van der Waals surface area contributed by atoms with E-state index in [1.54, 1.807) is 32.3 Å². The number of pyridine rings is 1. The Morgan fingerprint density at radius 2 is 1.59 bits per heavy atom. The summed E-state index contributed by atoms with van der Waals surface area (Å²) in [5, 5.41) is 14.4. The van der Waals surface area contributed by atoms with Gasteiger partial charge in [0.15, 0.2) is 0 Å². The Labute approximate surface area is 239 Å². The van der Waals surface area contributed by atoms with Crippen molar-refractivity contribution in [1.29, 1.82) is 0 Å². The summed E-state index contributed by atoms with van der Waals surface area (Å²) >= 11 is 0. The van der Waals surface area contributed by atoms with Gasteiger partial charge < -0.3 is 14.8 Å². The van der Waals surface area contributed by atoms with Gasteiger partial charge in [-0.05, 0) is 44.2 Å². The van der Waals surface area contributed by atoms with Crippen molar-refractivity contribution >= 4 is 17.6 Å². The molecule has 0 bridgehead atoms. The van der Waals surface area contributed by atoms with Crippen molar-refractivity contribution < 1.29 is 24.0 Å². The average Bonchev–Trinajstić information content (AvgIpc) is 2.98. The molecule has 0 spiro atoms. The topological polar surface area (TPSA) is 124 Å². The maximum atomic E-state index is 13.3. The van der Waals surface area contributed by atoms with Gasteiger partial charge in [-0.15, -0.1) is 0 Å². The van der Waals surface area contributed by atoms with Gasteiger partial charge in [-0.2, -0.15) is 0 Å². The van der Waals surface area contributed by atoms with E-state index >= 15 is 0 Å². The Balaban J connectivity index is 0.000000681. The number of non-ortho nitro benzene ring substituents is 1. The SMILES string of the molecule is COC(=O)C1=C(C)NC(C)=C(C(=O)OCCN(C)Cc2ccccc2)C1c1cccc([N+](=O)[O-])c1.c1ccncc1. The minimum Gasteiger partial charge on any atom is -0.466 e. The molecule has 0 fully saturated rings. The van der Waals surface area contributed by atoms with Gasteiger partial charge in [0.1, 0.15) is 6.61 Å². The van der Waals surface area contributed by atoms with Crippen molar-refractivity contribution in [1.82, 2.24) is 15.2 Å². The number of aromatic nitrogens is 1. The third-order valence-corrected chi connectivity index (χ3v) is 6.37. The van der Waals surface area contributed by atoms with Crippen LogP contribution in [0.2, 0.25) is 0 Å². The van der Waals surface area contributed by atoms with Crippen LogP contribution in [0.5, 0.6) is 0 Å². The Kier molecular flexibility index (Phi) is 11.3. The van der Waals surface area contributed by atoms with Crippen molar-refractivity contribution in [3.05, 3.63) is 129 Å². The van der Waals surface area contributed by atoms with Crippen molar-refractivity contribution in [3.8, 4) is 0 Å². The summed E-state index contributed by atoms with van der Waals surface area (Å²) in [4.78, 5) is 42.6. The molecule has 2 heterocycles. The number of methoxy groups -OCH3 is 1.